The summed E-state index contributed by atoms with van der Waals surface area (Å²) in [5, 5.41) is 0.193. The molecule has 0 heterocycles. The maximum atomic E-state index is 5.81. The van der Waals surface area contributed by atoms with Gasteiger partial charge in [0.05, 0.1) is 0 Å². The van der Waals surface area contributed by atoms with Crippen LogP contribution in [0.15, 0.2) is 0 Å². The molecule has 0 N–H and O–H groups in total. The predicted molar refractivity (Wildman–Crippen MR) is 49.1 cm³/mol. The summed E-state index contributed by atoms with van der Waals surface area (Å²) in [6, 6.07) is 0. The van der Waals surface area contributed by atoms with Crippen LogP contribution in [0.2, 0.25) is 0 Å². The van der Waals surface area contributed by atoms with E-state index in [1.807, 2.05) is 0 Å². The molecule has 0 spiro atoms. The van der Waals surface area contributed by atoms with E-state index in [9.17, 15) is 0 Å². The number of hydrogen-bond acceptors (Lipinski definition) is 0. The summed E-state index contributed by atoms with van der Waals surface area (Å²) in [4.78, 5) is 0. The molecule has 0 aromatic heterocycles. The lowest BCUT2D eigenvalue weighted by atomic mass is 10.1. The standard InChI is InChI=1S/C8H16Cl2/c1-2-3-4-5-6-8(10)7-9/h8H,2-7H2,1H3/t8-/m0/s1. The molecular formula is C8H16Cl2. The lowest BCUT2D eigenvalue weighted by Gasteiger charge is -2.03. The zero-order valence-corrected chi connectivity index (χ0v) is 8.09. The van der Waals surface area contributed by atoms with Crippen molar-refractivity contribution in [3.8, 4) is 0 Å². The number of unbranched alkanes of at least 4 members (excludes halogenated alkanes) is 3. The van der Waals surface area contributed by atoms with E-state index in [0.717, 1.165) is 6.42 Å². The van der Waals surface area contributed by atoms with E-state index < -0.39 is 0 Å². The molecule has 0 bridgehead atoms. The quantitative estimate of drug-likeness (QED) is 0.434. The summed E-state index contributed by atoms with van der Waals surface area (Å²) in [7, 11) is 0. The second kappa shape index (κ2) is 7.68. The highest BCUT2D eigenvalue weighted by molar-refractivity contribution is 6.28. The van der Waals surface area contributed by atoms with Crippen molar-refractivity contribution in [1.82, 2.24) is 0 Å². The highest BCUT2D eigenvalue weighted by Gasteiger charge is 2.00. The van der Waals surface area contributed by atoms with E-state index in [4.69, 9.17) is 23.2 Å². The molecule has 0 radical (unpaired) electrons. The van der Waals surface area contributed by atoms with Gasteiger partial charge in [0, 0.05) is 11.3 Å². The molecule has 1 atom stereocenters. The van der Waals surface area contributed by atoms with Gasteiger partial charge in [0.25, 0.3) is 0 Å². The van der Waals surface area contributed by atoms with Crippen LogP contribution in [0.4, 0.5) is 0 Å². The fourth-order valence-corrected chi connectivity index (χ4v) is 1.18. The molecule has 0 aliphatic rings. The Kier molecular flexibility index (Phi) is 8.13. The molecule has 0 saturated carbocycles. The molecule has 0 aliphatic heterocycles. The third-order valence-corrected chi connectivity index (χ3v) is 2.44. The first-order valence-electron chi connectivity index (χ1n) is 4.01. The second-order valence-electron chi connectivity index (χ2n) is 2.60. The Morgan fingerprint density at radius 2 is 1.90 bits per heavy atom. The maximum Gasteiger partial charge on any atom is 0.0471 e. The number of halogens is 2. The highest BCUT2D eigenvalue weighted by Crippen LogP contribution is 2.10. The summed E-state index contributed by atoms with van der Waals surface area (Å²) < 4.78 is 0. The van der Waals surface area contributed by atoms with Crippen LogP contribution in [-0.2, 0) is 0 Å². The molecule has 0 aromatic rings. The smallest absolute Gasteiger partial charge is 0.0471 e. The minimum atomic E-state index is 0.193. The van der Waals surface area contributed by atoms with E-state index in [2.05, 4.69) is 6.92 Å². The van der Waals surface area contributed by atoms with E-state index in [-0.39, 0.29) is 5.38 Å². The Morgan fingerprint density at radius 1 is 1.20 bits per heavy atom. The Bertz CT molecular complexity index is 64.3. The number of hydrogen-bond donors (Lipinski definition) is 0. The van der Waals surface area contributed by atoms with Crippen LogP contribution in [0.25, 0.3) is 0 Å². The molecule has 0 unspecified atom stereocenters. The van der Waals surface area contributed by atoms with Crippen molar-refractivity contribution in [2.75, 3.05) is 5.88 Å². The van der Waals surface area contributed by atoms with Crippen molar-refractivity contribution < 1.29 is 0 Å². The normalized spacial score (nSPS) is 13.5. The number of rotatable bonds is 6. The fraction of sp³-hybridized carbons (Fsp3) is 1.00. The van der Waals surface area contributed by atoms with Gasteiger partial charge in [-0.15, -0.1) is 23.2 Å². The molecule has 10 heavy (non-hydrogen) atoms. The average molecular weight is 183 g/mol. The summed E-state index contributed by atoms with van der Waals surface area (Å²) in [5.74, 6) is 0.591. The first-order valence-corrected chi connectivity index (χ1v) is 4.98. The van der Waals surface area contributed by atoms with Gasteiger partial charge >= 0.3 is 0 Å². The molecule has 0 amide bonds. The van der Waals surface area contributed by atoms with Gasteiger partial charge in [0.2, 0.25) is 0 Å². The molecule has 2 heteroatoms. The van der Waals surface area contributed by atoms with Crippen molar-refractivity contribution >= 4 is 23.2 Å². The van der Waals surface area contributed by atoms with Gasteiger partial charge < -0.3 is 0 Å². The van der Waals surface area contributed by atoms with Crippen LogP contribution < -0.4 is 0 Å². The maximum absolute atomic E-state index is 5.81. The molecule has 0 saturated heterocycles. The van der Waals surface area contributed by atoms with E-state index in [0.29, 0.717) is 5.88 Å². The van der Waals surface area contributed by atoms with Crippen molar-refractivity contribution in [1.29, 1.82) is 0 Å². The topological polar surface area (TPSA) is 0 Å². The van der Waals surface area contributed by atoms with Crippen LogP contribution >= 0.6 is 23.2 Å². The summed E-state index contributed by atoms with van der Waals surface area (Å²) >= 11 is 11.3. The Morgan fingerprint density at radius 3 is 2.40 bits per heavy atom. The number of alkyl halides is 2. The lowest BCUT2D eigenvalue weighted by Crippen LogP contribution is -1.98. The minimum Gasteiger partial charge on any atom is -0.125 e. The minimum absolute atomic E-state index is 0.193. The van der Waals surface area contributed by atoms with Crippen LogP contribution in [0.1, 0.15) is 39.0 Å². The lowest BCUT2D eigenvalue weighted by molar-refractivity contribution is 0.629. The first kappa shape index (κ1) is 10.6. The van der Waals surface area contributed by atoms with Crippen LogP contribution in [0, 0.1) is 0 Å². The van der Waals surface area contributed by atoms with E-state index in [1.165, 1.54) is 25.7 Å². The fourth-order valence-electron chi connectivity index (χ4n) is 0.870. The highest BCUT2D eigenvalue weighted by atomic mass is 35.5. The van der Waals surface area contributed by atoms with Crippen LogP contribution in [-0.4, -0.2) is 11.3 Å². The summed E-state index contributed by atoms with van der Waals surface area (Å²) in [6.45, 7) is 2.21. The van der Waals surface area contributed by atoms with Crippen molar-refractivity contribution in [2.45, 2.75) is 44.4 Å². The van der Waals surface area contributed by atoms with Crippen molar-refractivity contribution in [3.63, 3.8) is 0 Å². The largest absolute Gasteiger partial charge is 0.125 e. The van der Waals surface area contributed by atoms with Crippen LogP contribution in [0.5, 0.6) is 0 Å². The summed E-state index contributed by atoms with van der Waals surface area (Å²) in [6.07, 6.45) is 6.22. The van der Waals surface area contributed by atoms with Gasteiger partial charge in [-0.2, -0.15) is 0 Å². The van der Waals surface area contributed by atoms with Gasteiger partial charge in [-0.05, 0) is 6.42 Å². The molecule has 62 valence electrons. The zero-order valence-electron chi connectivity index (χ0n) is 6.58. The summed E-state index contributed by atoms with van der Waals surface area (Å²) in [5.41, 5.74) is 0. The third kappa shape index (κ3) is 6.70. The molecule has 0 aliphatic carbocycles. The second-order valence-corrected chi connectivity index (χ2v) is 3.53. The zero-order chi connectivity index (χ0) is 7.82. The van der Waals surface area contributed by atoms with E-state index >= 15 is 0 Å². The van der Waals surface area contributed by atoms with Gasteiger partial charge in [0.15, 0.2) is 0 Å². The van der Waals surface area contributed by atoms with Gasteiger partial charge in [0.1, 0.15) is 0 Å². The van der Waals surface area contributed by atoms with Gasteiger partial charge in [-0.3, -0.25) is 0 Å². The van der Waals surface area contributed by atoms with Crippen molar-refractivity contribution in [2.24, 2.45) is 0 Å². The Balaban J connectivity index is 2.89. The van der Waals surface area contributed by atoms with Crippen LogP contribution in [0.3, 0.4) is 0 Å². The molecule has 0 nitrogen and oxygen atoms in total. The molecular weight excluding hydrogens is 167 g/mol. The van der Waals surface area contributed by atoms with Crippen molar-refractivity contribution in [3.05, 3.63) is 0 Å². The third-order valence-electron chi connectivity index (χ3n) is 1.54. The SMILES string of the molecule is CCCCCC[C@H](Cl)CCl. The Hall–Kier alpha value is 0.580. The molecule has 0 rings (SSSR count). The van der Waals surface area contributed by atoms with Gasteiger partial charge in [-0.25, -0.2) is 0 Å². The Labute approximate surface area is 73.9 Å². The molecule has 0 fully saturated rings. The average Bonchev–Trinajstić information content (AvgIpc) is 1.98. The monoisotopic (exact) mass is 182 g/mol. The first-order chi connectivity index (χ1) is 4.81. The van der Waals surface area contributed by atoms with E-state index in [1.54, 1.807) is 0 Å². The van der Waals surface area contributed by atoms with Gasteiger partial charge in [-0.1, -0.05) is 32.6 Å². The predicted octanol–water partition coefficient (Wildman–Crippen LogP) is 3.80. The molecule has 0 aromatic carbocycles.